The second-order valence-electron chi connectivity index (χ2n) is 8.13. The molecular weight excluding hydrogens is 508 g/mol. The van der Waals surface area contributed by atoms with Gasteiger partial charge in [-0.25, -0.2) is 4.79 Å². The summed E-state index contributed by atoms with van der Waals surface area (Å²) in [5, 5.41) is 34.4. The molecular formula is C23H32N4O9S. The maximum Gasteiger partial charge on any atom is 0.326 e. The van der Waals surface area contributed by atoms with Crippen LogP contribution in [0, 0.1) is 0 Å². The number of aliphatic carboxylic acids is 3. The van der Waals surface area contributed by atoms with Crippen LogP contribution in [0.25, 0.3) is 0 Å². The first-order valence-electron chi connectivity index (χ1n) is 11.3. The number of nitrogens with one attached hydrogen (secondary N) is 3. The molecule has 0 heterocycles. The molecule has 0 radical (unpaired) electrons. The minimum atomic E-state index is -1.63. The standard InChI is InChI=1S/C23H32N4O9S/c1-37-10-9-15(23(35)36)25-21(33)16(11-13-5-3-2-4-6-13)27-22(34)17(12-19(30)31)26-20(32)14(24)7-8-18(28)29/h2-6,14-17H,7-12,24H2,1H3,(H,25,33)(H,26,32)(H,27,34)(H,28,29)(H,30,31)(H,35,36). The van der Waals surface area contributed by atoms with Crippen molar-refractivity contribution in [2.45, 2.75) is 56.3 Å². The third-order valence-corrected chi connectivity index (χ3v) is 5.80. The van der Waals surface area contributed by atoms with E-state index in [0.29, 0.717) is 11.3 Å². The molecule has 1 aromatic carbocycles. The summed E-state index contributed by atoms with van der Waals surface area (Å²) in [6.07, 6.45) is 0.385. The van der Waals surface area contributed by atoms with Crippen LogP contribution in [0.3, 0.4) is 0 Å². The maximum absolute atomic E-state index is 13.0. The number of rotatable bonds is 17. The number of carboxylic acids is 3. The normalized spacial score (nSPS) is 13.9. The molecule has 0 aliphatic rings. The Hall–Kier alpha value is -3.65. The smallest absolute Gasteiger partial charge is 0.326 e. The lowest BCUT2D eigenvalue weighted by molar-refractivity contribution is -0.143. The monoisotopic (exact) mass is 540 g/mol. The molecule has 37 heavy (non-hydrogen) atoms. The van der Waals surface area contributed by atoms with Crippen molar-refractivity contribution >= 4 is 47.4 Å². The highest BCUT2D eigenvalue weighted by Gasteiger charge is 2.31. The Morgan fingerprint density at radius 2 is 1.38 bits per heavy atom. The fourth-order valence-electron chi connectivity index (χ4n) is 3.17. The molecule has 8 N–H and O–H groups in total. The fraction of sp³-hybridized carbons (Fsp3) is 0.478. The second-order valence-corrected chi connectivity index (χ2v) is 9.12. The van der Waals surface area contributed by atoms with E-state index >= 15 is 0 Å². The molecule has 3 amide bonds. The third-order valence-electron chi connectivity index (χ3n) is 5.16. The van der Waals surface area contributed by atoms with E-state index in [1.165, 1.54) is 11.8 Å². The molecule has 4 atom stereocenters. The largest absolute Gasteiger partial charge is 0.481 e. The predicted molar refractivity (Wildman–Crippen MR) is 134 cm³/mol. The number of nitrogens with two attached hydrogens (primary N) is 1. The Labute approximate surface area is 217 Å². The van der Waals surface area contributed by atoms with Gasteiger partial charge in [0.1, 0.15) is 18.1 Å². The number of hydrogen-bond donors (Lipinski definition) is 7. The predicted octanol–water partition coefficient (Wildman–Crippen LogP) is -0.812. The number of carboxylic acid groups (broad SMARTS) is 3. The highest BCUT2D eigenvalue weighted by atomic mass is 32.2. The van der Waals surface area contributed by atoms with Crippen LogP contribution in [0.5, 0.6) is 0 Å². The second kappa shape index (κ2) is 16.2. The van der Waals surface area contributed by atoms with Crippen molar-refractivity contribution < 1.29 is 44.1 Å². The van der Waals surface area contributed by atoms with Gasteiger partial charge in [0.05, 0.1) is 12.5 Å². The molecule has 0 fully saturated rings. The Balaban J connectivity index is 3.08. The topological polar surface area (TPSA) is 225 Å². The van der Waals surface area contributed by atoms with E-state index in [9.17, 15) is 39.0 Å². The van der Waals surface area contributed by atoms with E-state index in [4.69, 9.17) is 10.8 Å². The van der Waals surface area contributed by atoms with Crippen molar-refractivity contribution in [1.29, 1.82) is 0 Å². The zero-order chi connectivity index (χ0) is 28.0. The van der Waals surface area contributed by atoms with E-state index in [-0.39, 0.29) is 19.3 Å². The SMILES string of the molecule is CSCCC(NC(=O)C(Cc1ccccc1)NC(=O)C(CC(=O)O)NC(=O)C(N)CCC(=O)O)C(=O)O. The van der Waals surface area contributed by atoms with Gasteiger partial charge in [-0.1, -0.05) is 30.3 Å². The van der Waals surface area contributed by atoms with E-state index in [1.54, 1.807) is 36.6 Å². The first-order chi connectivity index (χ1) is 17.4. The Kier molecular flexibility index (Phi) is 13.7. The van der Waals surface area contributed by atoms with E-state index in [1.807, 2.05) is 0 Å². The molecule has 0 saturated heterocycles. The van der Waals surface area contributed by atoms with E-state index in [0.717, 1.165) is 0 Å². The van der Waals surface area contributed by atoms with Crippen LogP contribution in [-0.4, -0.2) is 87.1 Å². The minimum Gasteiger partial charge on any atom is -0.481 e. The van der Waals surface area contributed by atoms with Gasteiger partial charge < -0.3 is 37.0 Å². The lowest BCUT2D eigenvalue weighted by Gasteiger charge is -2.25. The highest BCUT2D eigenvalue weighted by molar-refractivity contribution is 7.98. The summed E-state index contributed by atoms with van der Waals surface area (Å²) in [4.78, 5) is 71.9. The summed E-state index contributed by atoms with van der Waals surface area (Å²) in [5.41, 5.74) is 6.28. The summed E-state index contributed by atoms with van der Waals surface area (Å²) in [7, 11) is 0. The molecule has 13 nitrogen and oxygen atoms in total. The summed E-state index contributed by atoms with van der Waals surface area (Å²) in [6, 6.07) is 3.09. The van der Waals surface area contributed by atoms with E-state index < -0.39 is 72.6 Å². The van der Waals surface area contributed by atoms with Crippen LogP contribution in [0.15, 0.2) is 30.3 Å². The number of thioether (sulfide) groups is 1. The van der Waals surface area contributed by atoms with Crippen molar-refractivity contribution in [3.05, 3.63) is 35.9 Å². The molecule has 0 spiro atoms. The number of amides is 3. The van der Waals surface area contributed by atoms with Crippen molar-refractivity contribution in [2.75, 3.05) is 12.0 Å². The van der Waals surface area contributed by atoms with Crippen LogP contribution in [-0.2, 0) is 35.2 Å². The number of carbonyl (C=O) groups excluding carboxylic acids is 3. The Bertz CT molecular complexity index is 961. The van der Waals surface area contributed by atoms with Crippen LogP contribution in [0.4, 0.5) is 0 Å². The summed E-state index contributed by atoms with van der Waals surface area (Å²) >= 11 is 1.40. The molecule has 0 bridgehead atoms. The average molecular weight is 541 g/mol. The van der Waals surface area contributed by atoms with Crippen LogP contribution >= 0.6 is 11.8 Å². The van der Waals surface area contributed by atoms with Crippen LogP contribution in [0.2, 0.25) is 0 Å². The van der Waals surface area contributed by atoms with Gasteiger partial charge in [-0.2, -0.15) is 11.8 Å². The zero-order valence-corrected chi connectivity index (χ0v) is 21.0. The molecule has 4 unspecified atom stereocenters. The molecule has 0 saturated carbocycles. The van der Waals surface area contributed by atoms with Crippen LogP contribution in [0.1, 0.15) is 31.2 Å². The van der Waals surface area contributed by atoms with Gasteiger partial charge in [0.15, 0.2) is 0 Å². The number of hydrogen-bond acceptors (Lipinski definition) is 8. The van der Waals surface area contributed by atoms with Crippen molar-refractivity contribution in [3.8, 4) is 0 Å². The average Bonchev–Trinajstić information content (AvgIpc) is 2.84. The van der Waals surface area contributed by atoms with Gasteiger partial charge >= 0.3 is 17.9 Å². The number of benzene rings is 1. The molecule has 0 aromatic heterocycles. The highest BCUT2D eigenvalue weighted by Crippen LogP contribution is 2.07. The lowest BCUT2D eigenvalue weighted by Crippen LogP contribution is -2.58. The summed E-state index contributed by atoms with van der Waals surface area (Å²) in [5.74, 6) is -6.14. The van der Waals surface area contributed by atoms with Gasteiger partial charge in [-0.3, -0.25) is 24.0 Å². The Morgan fingerprint density at radius 1 is 0.811 bits per heavy atom. The van der Waals surface area contributed by atoms with Gasteiger partial charge in [0, 0.05) is 12.8 Å². The quantitative estimate of drug-likeness (QED) is 0.129. The summed E-state index contributed by atoms with van der Waals surface area (Å²) < 4.78 is 0. The molecule has 1 rings (SSSR count). The molecule has 204 valence electrons. The van der Waals surface area contributed by atoms with Crippen molar-refractivity contribution in [1.82, 2.24) is 16.0 Å². The van der Waals surface area contributed by atoms with E-state index in [2.05, 4.69) is 16.0 Å². The number of carbonyl (C=O) groups is 6. The third kappa shape index (κ3) is 12.2. The lowest BCUT2D eigenvalue weighted by atomic mass is 10.0. The van der Waals surface area contributed by atoms with Crippen molar-refractivity contribution in [2.24, 2.45) is 5.73 Å². The van der Waals surface area contributed by atoms with Crippen molar-refractivity contribution in [3.63, 3.8) is 0 Å². The fourth-order valence-corrected chi connectivity index (χ4v) is 3.64. The Morgan fingerprint density at radius 3 is 1.92 bits per heavy atom. The van der Waals surface area contributed by atoms with Gasteiger partial charge in [-0.15, -0.1) is 0 Å². The minimum absolute atomic E-state index is 0.0425. The first-order valence-corrected chi connectivity index (χ1v) is 12.7. The van der Waals surface area contributed by atoms with Gasteiger partial charge in [0.25, 0.3) is 0 Å². The molecule has 14 heteroatoms. The zero-order valence-electron chi connectivity index (χ0n) is 20.2. The van der Waals surface area contributed by atoms with Gasteiger partial charge in [0.2, 0.25) is 17.7 Å². The molecule has 1 aromatic rings. The molecule has 0 aliphatic heterocycles. The maximum atomic E-state index is 13.0. The van der Waals surface area contributed by atoms with Gasteiger partial charge in [-0.05, 0) is 30.4 Å². The summed E-state index contributed by atoms with van der Waals surface area (Å²) in [6.45, 7) is 0. The van der Waals surface area contributed by atoms with Crippen LogP contribution < -0.4 is 21.7 Å². The first kappa shape index (κ1) is 31.4. The molecule has 0 aliphatic carbocycles.